The van der Waals surface area contributed by atoms with E-state index in [4.69, 9.17) is 0 Å². The number of aromatic nitrogens is 16. The van der Waals surface area contributed by atoms with E-state index in [0.29, 0.717) is 64.2 Å². The van der Waals surface area contributed by atoms with Gasteiger partial charge in [0.15, 0.2) is 34.3 Å². The first-order chi connectivity index (χ1) is 37.5. The zero-order valence-electron chi connectivity index (χ0n) is 40.8. The molecule has 0 aliphatic heterocycles. The molecule has 0 radical (unpaired) electrons. The molecule has 0 amide bonds. The molecule has 0 spiro atoms. The summed E-state index contributed by atoms with van der Waals surface area (Å²) in [4.78, 5) is 52.5. The molecule has 2 aliphatic carbocycles. The lowest BCUT2D eigenvalue weighted by Gasteiger charge is -2.14. The Morgan fingerprint density at radius 1 is 0.600 bits per heavy atom. The number of alkyl halides is 9. The van der Waals surface area contributed by atoms with E-state index in [9.17, 15) is 52.7 Å². The molecule has 0 saturated heterocycles. The second kappa shape index (κ2) is 20.4. The van der Waals surface area contributed by atoms with Gasteiger partial charge in [0.25, 0.3) is 5.56 Å². The number of nitrogens with zero attached hydrogens (tertiary/aromatic N) is 15. The van der Waals surface area contributed by atoms with Crippen LogP contribution >= 0.6 is 0 Å². The summed E-state index contributed by atoms with van der Waals surface area (Å²) in [6.45, 7) is 0.522. The fourth-order valence-corrected chi connectivity index (χ4v) is 9.01. The highest BCUT2D eigenvalue weighted by atomic mass is 32.2. The van der Waals surface area contributed by atoms with E-state index in [2.05, 4.69) is 64.2 Å². The number of imidazole rings is 2. The molecule has 2 saturated carbocycles. The first kappa shape index (κ1) is 54.4. The molecule has 10 aromatic rings. The molecule has 80 heavy (non-hydrogen) atoms. The lowest BCUT2D eigenvalue weighted by molar-refractivity contribution is -0.141. The van der Waals surface area contributed by atoms with Crippen LogP contribution in [0.4, 0.5) is 39.5 Å². The normalized spacial score (nSPS) is 14.0. The van der Waals surface area contributed by atoms with E-state index in [1.807, 2.05) is 12.1 Å². The van der Waals surface area contributed by atoms with E-state index in [-0.39, 0.29) is 65.7 Å². The summed E-state index contributed by atoms with van der Waals surface area (Å²) in [5.74, 6) is -0.274. The average molecular weight is 1130 g/mol. The van der Waals surface area contributed by atoms with Crippen LogP contribution in [0.5, 0.6) is 5.88 Å². The molecule has 30 heteroatoms. The molecule has 2 aliphatic rings. The maximum atomic E-state index is 13.1. The Labute approximate surface area is 445 Å². The number of benzene rings is 2. The van der Waals surface area contributed by atoms with Crippen molar-refractivity contribution in [3.8, 4) is 51.4 Å². The quantitative estimate of drug-likeness (QED) is 0.0681. The van der Waals surface area contributed by atoms with Gasteiger partial charge in [0.2, 0.25) is 5.88 Å². The molecule has 8 heterocycles. The van der Waals surface area contributed by atoms with Crippen LogP contribution in [-0.4, -0.2) is 92.5 Å². The average Bonchev–Trinajstić information content (AvgIpc) is 4.33. The van der Waals surface area contributed by atoms with Gasteiger partial charge >= 0.3 is 28.0 Å². The van der Waals surface area contributed by atoms with Crippen molar-refractivity contribution in [1.29, 1.82) is 0 Å². The largest absolute Gasteiger partial charge is 0.534 e. The van der Waals surface area contributed by atoms with E-state index in [1.54, 1.807) is 53.5 Å². The van der Waals surface area contributed by atoms with Crippen molar-refractivity contribution in [1.82, 2.24) is 78.5 Å². The van der Waals surface area contributed by atoms with E-state index in [0.717, 1.165) is 42.5 Å². The van der Waals surface area contributed by atoms with Crippen molar-refractivity contribution in [2.24, 2.45) is 14.1 Å². The number of nitrogens with one attached hydrogen (secondary N) is 1. The van der Waals surface area contributed by atoms with Crippen LogP contribution in [0.25, 0.3) is 67.6 Å². The predicted octanol–water partition coefficient (Wildman–Crippen LogP) is 9.41. The number of aromatic amines is 1. The van der Waals surface area contributed by atoms with Crippen LogP contribution in [0.15, 0.2) is 103 Å². The van der Waals surface area contributed by atoms with Crippen molar-refractivity contribution in [3.63, 3.8) is 0 Å². The van der Waals surface area contributed by atoms with Gasteiger partial charge in [-0.2, -0.15) is 58.1 Å². The van der Waals surface area contributed by atoms with Crippen LogP contribution in [0.1, 0.15) is 78.8 Å². The Morgan fingerprint density at radius 2 is 1.05 bits per heavy atom. The molecule has 0 atom stereocenters. The maximum Gasteiger partial charge on any atom is 0.534 e. The monoisotopic (exact) mass is 1130 g/mol. The van der Waals surface area contributed by atoms with Crippen LogP contribution in [-0.2, 0) is 49.7 Å². The minimum absolute atomic E-state index is 0. The number of rotatable bonds is 12. The highest BCUT2D eigenvalue weighted by Gasteiger charge is 2.50. The number of H-pyrrole nitrogens is 1. The third-order valence-electron chi connectivity index (χ3n) is 12.7. The molecule has 12 rings (SSSR count). The number of fused-ring (bicyclic) bond motifs is 2. The van der Waals surface area contributed by atoms with Crippen LogP contribution < -0.4 is 9.74 Å². The molecule has 2 fully saturated rings. The third-order valence-corrected chi connectivity index (χ3v) is 13.7. The highest BCUT2D eigenvalue weighted by molar-refractivity contribution is 7.88. The minimum atomic E-state index is -6.04. The molecule has 1 N–H and O–H groups in total. The fraction of sp³-hybridized carbons (Fsp3) is 0.280. The second-order valence-electron chi connectivity index (χ2n) is 18.5. The Hall–Kier alpha value is -8.96. The third kappa shape index (κ3) is 10.9. The smallest absolute Gasteiger partial charge is 0.354 e. The summed E-state index contributed by atoms with van der Waals surface area (Å²) in [7, 11) is -3.05. The standard InChI is InChI=1S/C25H18F6N8O3S.C24H19F3N8O.CH4/c1-38-11-17(24(26,27)28)36-21(38)15-4-2-13(3-5-15)10-39-22-16(9-35-39)8-32-20(37-22)18-19(14-6-7-14)33-12-34-23(18)42-43(40,41)25(29,30)31;1-34-11-17(24(25,26)27)32-21(34)15-4-2-13(3-5-15)10-35-22-16(9-31-35)8-28-20(33-22)18-19(14-6-7-14)29-12-30-23(18)36;/h2-5,8-9,11-12,14H,6-7,10H2,1H3;2-5,8-9,11-12,14H,6-7,10H2,1H3,(H,29,30,36);1H4. The highest BCUT2D eigenvalue weighted by Crippen LogP contribution is 2.46. The SMILES string of the molecule is C.Cn1cc(C(F)(F)F)nc1-c1ccc(Cn2ncc3cnc(-c4c(C5CC5)nc[nH]c4=O)nc32)cc1.Cn1cc(C(F)(F)F)nc1-c1ccc(Cn2ncc3cnc(-c4c(OS(=O)(=O)C(F)(F)F)ncnc4C4CC4)nc32)cc1. The summed E-state index contributed by atoms with van der Waals surface area (Å²) in [5.41, 5.74) is -3.33. The van der Waals surface area contributed by atoms with Gasteiger partial charge in [-0.1, -0.05) is 56.0 Å². The van der Waals surface area contributed by atoms with Crippen LogP contribution in [0.3, 0.4) is 0 Å². The van der Waals surface area contributed by atoms with Gasteiger partial charge in [-0.25, -0.2) is 54.2 Å². The second-order valence-corrected chi connectivity index (χ2v) is 20.1. The molecule has 2 aromatic carbocycles. The predicted molar refractivity (Wildman–Crippen MR) is 267 cm³/mol. The molecular weight excluding hydrogens is 1090 g/mol. The minimum Gasteiger partial charge on any atom is -0.354 e. The van der Waals surface area contributed by atoms with Crippen molar-refractivity contribution in [2.45, 2.75) is 75.9 Å². The Balaban J connectivity index is 0.000000180. The lowest BCUT2D eigenvalue weighted by Crippen LogP contribution is -2.28. The summed E-state index contributed by atoms with van der Waals surface area (Å²) in [6, 6.07) is 13.6. The lowest BCUT2D eigenvalue weighted by atomic mass is 10.1. The zero-order chi connectivity index (χ0) is 55.8. The Morgan fingerprint density at radius 3 is 1.48 bits per heavy atom. The Kier molecular flexibility index (Phi) is 13.8. The van der Waals surface area contributed by atoms with Crippen LogP contribution in [0, 0.1) is 0 Å². The molecule has 414 valence electrons. The first-order valence-electron chi connectivity index (χ1n) is 23.7. The van der Waals surface area contributed by atoms with E-state index in [1.165, 1.54) is 46.6 Å². The van der Waals surface area contributed by atoms with Gasteiger partial charge in [-0.05, 0) is 36.8 Å². The molecule has 0 unspecified atom stereocenters. The summed E-state index contributed by atoms with van der Waals surface area (Å²) < 4.78 is 151. The molecule has 20 nitrogen and oxygen atoms in total. The van der Waals surface area contributed by atoms with Gasteiger partial charge in [0.1, 0.15) is 29.1 Å². The van der Waals surface area contributed by atoms with E-state index < -0.39 is 45.2 Å². The maximum absolute atomic E-state index is 13.1. The molecule has 0 bridgehead atoms. The van der Waals surface area contributed by atoms with Crippen molar-refractivity contribution < 1.29 is 52.1 Å². The van der Waals surface area contributed by atoms with Gasteiger partial charge in [0.05, 0.1) is 54.0 Å². The topological polar surface area (TPSA) is 238 Å². The van der Waals surface area contributed by atoms with Gasteiger partial charge in [-0.3, -0.25) is 4.79 Å². The summed E-state index contributed by atoms with van der Waals surface area (Å²) in [6.07, 6.45) is 4.52. The first-order valence-corrected chi connectivity index (χ1v) is 25.1. The zero-order valence-corrected chi connectivity index (χ0v) is 41.6. The number of halogens is 9. The Bertz CT molecular complexity index is 4130. The van der Waals surface area contributed by atoms with Crippen molar-refractivity contribution >= 4 is 32.2 Å². The van der Waals surface area contributed by atoms with Crippen molar-refractivity contribution in [3.05, 3.63) is 143 Å². The van der Waals surface area contributed by atoms with E-state index >= 15 is 0 Å². The summed E-state index contributed by atoms with van der Waals surface area (Å²) in [5, 5.41) is 9.91. The molecular formula is C50H41F9N16O4S. The van der Waals surface area contributed by atoms with Crippen LogP contribution in [0.2, 0.25) is 0 Å². The fourth-order valence-electron chi connectivity index (χ4n) is 8.58. The van der Waals surface area contributed by atoms with Gasteiger partial charge in [0, 0.05) is 61.8 Å². The van der Waals surface area contributed by atoms with Gasteiger partial charge in [-0.15, -0.1) is 0 Å². The number of hydrogen-bond acceptors (Lipinski definition) is 15. The molecule has 8 aromatic heterocycles. The van der Waals surface area contributed by atoms with Crippen molar-refractivity contribution in [2.75, 3.05) is 0 Å². The number of hydrogen-bond donors (Lipinski definition) is 1. The number of aryl methyl sites for hydroxylation is 2. The van der Waals surface area contributed by atoms with Gasteiger partial charge < -0.3 is 18.3 Å². The summed E-state index contributed by atoms with van der Waals surface area (Å²) >= 11 is 0.